The van der Waals surface area contributed by atoms with Gasteiger partial charge in [-0.25, -0.2) is 8.42 Å². The van der Waals surface area contributed by atoms with Crippen LogP contribution in [0.3, 0.4) is 0 Å². The molecule has 1 aromatic rings. The maximum atomic E-state index is 12.6. The molecular weight excluding hydrogens is 394 g/mol. The molecule has 0 atom stereocenters. The van der Waals surface area contributed by atoms with E-state index in [4.69, 9.17) is 0 Å². The van der Waals surface area contributed by atoms with E-state index in [0.717, 1.165) is 4.47 Å². The normalized spacial score (nSPS) is 19.7. The van der Waals surface area contributed by atoms with E-state index in [2.05, 4.69) is 20.8 Å². The lowest BCUT2D eigenvalue weighted by atomic mass is 10.3. The third kappa shape index (κ3) is 3.99. The van der Waals surface area contributed by atoms with Crippen LogP contribution in [0.5, 0.6) is 0 Å². The summed E-state index contributed by atoms with van der Waals surface area (Å²) < 4.78 is 27.6. The first-order chi connectivity index (χ1) is 11.4. The van der Waals surface area contributed by atoms with E-state index >= 15 is 0 Å². The molecule has 0 N–H and O–H groups in total. The summed E-state index contributed by atoms with van der Waals surface area (Å²) >= 11 is 3.31. The average Bonchev–Trinajstić information content (AvgIpc) is 3.40. The van der Waals surface area contributed by atoms with Gasteiger partial charge < -0.3 is 4.90 Å². The minimum atomic E-state index is -3.49. The molecule has 1 amide bonds. The fourth-order valence-electron chi connectivity index (χ4n) is 2.89. The summed E-state index contributed by atoms with van der Waals surface area (Å²) in [4.78, 5) is 16.5. The summed E-state index contributed by atoms with van der Waals surface area (Å²) in [5.74, 6) is 0.0880. The first-order valence-corrected chi connectivity index (χ1v) is 10.3. The Morgan fingerprint density at radius 3 is 2.29 bits per heavy atom. The third-order valence-corrected chi connectivity index (χ3v) is 7.04. The number of hydrogen-bond acceptors (Lipinski definition) is 4. The van der Waals surface area contributed by atoms with E-state index in [1.54, 1.807) is 29.2 Å². The molecule has 6 nitrogen and oxygen atoms in total. The number of nitrogens with zero attached hydrogens (tertiary/aromatic N) is 3. The molecule has 1 saturated carbocycles. The largest absolute Gasteiger partial charge is 0.339 e. The predicted octanol–water partition coefficient (Wildman–Crippen LogP) is 1.38. The van der Waals surface area contributed by atoms with Crippen molar-refractivity contribution in [1.29, 1.82) is 0 Å². The van der Waals surface area contributed by atoms with Crippen LogP contribution in [0.1, 0.15) is 12.8 Å². The zero-order valence-corrected chi connectivity index (χ0v) is 16.1. The van der Waals surface area contributed by atoms with Crippen molar-refractivity contribution in [3.8, 4) is 0 Å². The molecule has 2 fully saturated rings. The van der Waals surface area contributed by atoms with Gasteiger partial charge in [0.05, 0.1) is 11.4 Å². The second-order valence-corrected chi connectivity index (χ2v) is 9.24. The summed E-state index contributed by atoms with van der Waals surface area (Å²) in [5.41, 5.74) is 0. The molecule has 2 aliphatic rings. The summed E-state index contributed by atoms with van der Waals surface area (Å²) in [6.45, 7) is 2.01. The fraction of sp³-hybridized carbons (Fsp3) is 0.562. The van der Waals surface area contributed by atoms with Gasteiger partial charge in [-0.05, 0) is 44.2 Å². The zero-order valence-electron chi connectivity index (χ0n) is 13.7. The van der Waals surface area contributed by atoms with Crippen molar-refractivity contribution in [2.75, 3.05) is 39.8 Å². The van der Waals surface area contributed by atoms with Crippen molar-refractivity contribution in [2.24, 2.45) is 0 Å². The average molecular weight is 416 g/mol. The van der Waals surface area contributed by atoms with Gasteiger partial charge in [0, 0.05) is 36.7 Å². The van der Waals surface area contributed by atoms with Crippen LogP contribution >= 0.6 is 15.9 Å². The Bertz CT molecular complexity index is 696. The van der Waals surface area contributed by atoms with Crippen molar-refractivity contribution in [3.05, 3.63) is 28.7 Å². The Balaban J connectivity index is 1.57. The molecule has 1 aromatic carbocycles. The van der Waals surface area contributed by atoms with E-state index < -0.39 is 10.0 Å². The van der Waals surface area contributed by atoms with Crippen LogP contribution in [0.2, 0.25) is 0 Å². The predicted molar refractivity (Wildman–Crippen MR) is 95.1 cm³/mol. The number of hydrogen-bond donors (Lipinski definition) is 0. The van der Waals surface area contributed by atoms with Gasteiger partial charge in [-0.15, -0.1) is 0 Å². The Labute approximate surface area is 151 Å². The zero-order chi connectivity index (χ0) is 17.3. The Morgan fingerprint density at radius 1 is 1.17 bits per heavy atom. The molecule has 1 aliphatic heterocycles. The maximum absolute atomic E-state index is 12.6. The Kier molecular flexibility index (Phi) is 5.29. The van der Waals surface area contributed by atoms with Crippen molar-refractivity contribution < 1.29 is 13.2 Å². The highest BCUT2D eigenvalue weighted by Crippen LogP contribution is 2.25. The van der Waals surface area contributed by atoms with Gasteiger partial charge >= 0.3 is 0 Å². The van der Waals surface area contributed by atoms with E-state index in [0.29, 0.717) is 43.7 Å². The highest BCUT2D eigenvalue weighted by Gasteiger charge is 2.32. The maximum Gasteiger partial charge on any atom is 0.243 e. The van der Waals surface area contributed by atoms with E-state index in [1.165, 1.54) is 17.1 Å². The second-order valence-electron chi connectivity index (χ2n) is 6.39. The van der Waals surface area contributed by atoms with Gasteiger partial charge in [0.15, 0.2) is 0 Å². The Morgan fingerprint density at radius 2 is 1.75 bits per heavy atom. The van der Waals surface area contributed by atoms with Crippen LogP contribution < -0.4 is 0 Å². The van der Waals surface area contributed by atoms with Gasteiger partial charge in [0.25, 0.3) is 0 Å². The van der Waals surface area contributed by atoms with Crippen molar-refractivity contribution in [3.63, 3.8) is 0 Å². The number of halogens is 1. The van der Waals surface area contributed by atoms with Crippen molar-refractivity contribution >= 4 is 31.9 Å². The summed E-state index contributed by atoms with van der Waals surface area (Å²) in [5, 5.41) is 0. The second kappa shape index (κ2) is 7.11. The molecule has 3 rings (SSSR count). The highest BCUT2D eigenvalue weighted by molar-refractivity contribution is 9.10. The summed E-state index contributed by atoms with van der Waals surface area (Å²) in [6, 6.07) is 7.19. The van der Waals surface area contributed by atoms with E-state index in [1.807, 2.05) is 7.05 Å². The van der Waals surface area contributed by atoms with Gasteiger partial charge in [-0.3, -0.25) is 9.69 Å². The number of rotatable bonds is 5. The third-order valence-electron chi connectivity index (χ3n) is 4.60. The van der Waals surface area contributed by atoms with Crippen molar-refractivity contribution in [1.82, 2.24) is 14.1 Å². The van der Waals surface area contributed by atoms with Gasteiger partial charge in [0.1, 0.15) is 0 Å². The first kappa shape index (κ1) is 17.8. The minimum absolute atomic E-state index is 0.0880. The quantitative estimate of drug-likeness (QED) is 0.728. The Hall–Kier alpha value is -0.960. The number of amides is 1. The number of carbonyl (C=O) groups excluding carboxylic acids is 1. The van der Waals surface area contributed by atoms with Crippen LogP contribution in [-0.4, -0.2) is 74.2 Å². The molecule has 0 aromatic heterocycles. The molecule has 0 spiro atoms. The highest BCUT2D eigenvalue weighted by atomic mass is 79.9. The smallest absolute Gasteiger partial charge is 0.243 e. The summed E-state index contributed by atoms with van der Waals surface area (Å²) in [6.07, 6.45) is 2.34. The van der Waals surface area contributed by atoms with E-state index in [9.17, 15) is 13.2 Å². The summed E-state index contributed by atoms with van der Waals surface area (Å²) in [7, 11) is -1.51. The molecule has 24 heavy (non-hydrogen) atoms. The van der Waals surface area contributed by atoms with Crippen LogP contribution in [0.25, 0.3) is 0 Å². The first-order valence-electron chi connectivity index (χ1n) is 8.11. The molecule has 0 bridgehead atoms. The minimum Gasteiger partial charge on any atom is -0.339 e. The van der Waals surface area contributed by atoms with Gasteiger partial charge in [-0.2, -0.15) is 4.31 Å². The topological polar surface area (TPSA) is 60.9 Å². The molecule has 132 valence electrons. The van der Waals surface area contributed by atoms with Gasteiger partial charge in [-0.1, -0.05) is 15.9 Å². The molecule has 0 unspecified atom stereocenters. The van der Waals surface area contributed by atoms with Crippen LogP contribution in [-0.2, 0) is 14.8 Å². The standard InChI is InChI=1S/C16H22BrN3O3S/c1-18(14-4-5-14)12-16(21)19-8-10-20(11-9-19)24(22,23)15-6-2-13(17)3-7-15/h2-3,6-7,14H,4-5,8-12H2,1H3. The number of piperazine rings is 1. The monoisotopic (exact) mass is 415 g/mol. The van der Waals surface area contributed by atoms with Crippen LogP contribution in [0.4, 0.5) is 0 Å². The molecule has 1 saturated heterocycles. The molecule has 8 heteroatoms. The lowest BCUT2D eigenvalue weighted by molar-refractivity contribution is -0.133. The number of sulfonamides is 1. The van der Waals surface area contributed by atoms with Crippen LogP contribution in [0.15, 0.2) is 33.6 Å². The molecule has 1 aliphatic carbocycles. The molecule has 0 radical (unpaired) electrons. The van der Waals surface area contributed by atoms with Crippen LogP contribution in [0, 0.1) is 0 Å². The van der Waals surface area contributed by atoms with E-state index in [-0.39, 0.29) is 5.91 Å². The fourth-order valence-corrected chi connectivity index (χ4v) is 4.58. The lowest BCUT2D eigenvalue weighted by Crippen LogP contribution is -2.52. The number of likely N-dealkylation sites (N-methyl/N-ethyl adjacent to an activating group) is 1. The van der Waals surface area contributed by atoms with Gasteiger partial charge in [0.2, 0.25) is 15.9 Å². The number of benzene rings is 1. The molecular formula is C16H22BrN3O3S. The lowest BCUT2D eigenvalue weighted by Gasteiger charge is -2.34. The number of carbonyl (C=O) groups is 1. The molecule has 1 heterocycles. The SMILES string of the molecule is CN(CC(=O)N1CCN(S(=O)(=O)c2ccc(Br)cc2)CC1)C1CC1. The van der Waals surface area contributed by atoms with Crippen molar-refractivity contribution in [2.45, 2.75) is 23.8 Å².